The van der Waals surface area contributed by atoms with E-state index in [0.717, 1.165) is 11.8 Å². The number of esters is 1. The number of alkyl halides is 1. The number of aliphatic hydroxyl groups is 1. The van der Waals surface area contributed by atoms with Gasteiger partial charge in [-0.3, -0.25) is 24.2 Å². The van der Waals surface area contributed by atoms with Crippen LogP contribution in [-0.4, -0.2) is 113 Å². The summed E-state index contributed by atoms with van der Waals surface area (Å²) in [5, 5.41) is 31.3. The fourth-order valence-electron chi connectivity index (χ4n) is 6.86. The number of aliphatic hydroxyl groups excluding tert-OH is 1. The van der Waals surface area contributed by atoms with Crippen molar-refractivity contribution in [2.45, 2.75) is 83.8 Å². The largest absolute Gasteiger partial charge is 0.460 e. The van der Waals surface area contributed by atoms with Crippen LogP contribution in [0.3, 0.4) is 0 Å². The number of pyridine rings is 1. The van der Waals surface area contributed by atoms with Gasteiger partial charge < -0.3 is 29.8 Å². The van der Waals surface area contributed by atoms with E-state index in [1.165, 1.54) is 17.1 Å². The van der Waals surface area contributed by atoms with E-state index in [2.05, 4.69) is 41.1 Å². The first-order valence-electron chi connectivity index (χ1n) is 19.0. The summed E-state index contributed by atoms with van der Waals surface area (Å²) in [5.74, 6) is -3.02. The van der Waals surface area contributed by atoms with Crippen LogP contribution in [0.5, 0.6) is 0 Å². The number of nitrogens with zero attached hydrogens (tertiary/aromatic N) is 7. The van der Waals surface area contributed by atoms with E-state index in [9.17, 15) is 28.7 Å². The van der Waals surface area contributed by atoms with Crippen LogP contribution in [0.15, 0.2) is 71.2 Å². The quantitative estimate of drug-likeness (QED) is 0.199. The molecule has 5 atom stereocenters. The Morgan fingerprint density at radius 2 is 1.98 bits per heavy atom. The molecule has 6 heterocycles. The van der Waals surface area contributed by atoms with Crippen molar-refractivity contribution in [2.75, 3.05) is 19.6 Å². The molecule has 0 unspecified atom stereocenters. The molecule has 0 saturated carbocycles. The molecule has 57 heavy (non-hydrogen) atoms. The van der Waals surface area contributed by atoms with E-state index in [4.69, 9.17) is 9.15 Å². The Labute approximate surface area is 327 Å². The third kappa shape index (κ3) is 10.8. The number of oxazole rings is 1. The molecule has 3 amide bonds. The predicted molar refractivity (Wildman–Crippen MR) is 204 cm³/mol. The minimum Gasteiger partial charge on any atom is -0.460 e. The highest BCUT2D eigenvalue weighted by Crippen LogP contribution is 2.27. The zero-order valence-corrected chi connectivity index (χ0v) is 32.0. The number of rotatable bonds is 7. The summed E-state index contributed by atoms with van der Waals surface area (Å²) in [7, 11) is 0. The van der Waals surface area contributed by atoms with E-state index in [-0.39, 0.29) is 62.3 Å². The Bertz CT molecular complexity index is 2140. The van der Waals surface area contributed by atoms with Crippen molar-refractivity contribution in [1.82, 2.24) is 50.7 Å². The van der Waals surface area contributed by atoms with Gasteiger partial charge in [0.2, 0.25) is 11.8 Å². The van der Waals surface area contributed by atoms with E-state index >= 15 is 0 Å². The van der Waals surface area contributed by atoms with Crippen molar-refractivity contribution >= 4 is 34.7 Å². The third-order valence-electron chi connectivity index (χ3n) is 9.69. The predicted octanol–water partition coefficient (Wildman–Crippen LogP) is 3.02. The molecule has 302 valence electrons. The van der Waals surface area contributed by atoms with Crippen LogP contribution in [0.2, 0.25) is 0 Å². The number of aromatic nitrogens is 7. The molecule has 17 nitrogen and oxygen atoms in total. The maximum absolute atomic E-state index is 14.9. The molecule has 2 aliphatic heterocycles. The topological polar surface area (TPSA) is 223 Å². The molecular weight excluding hydrogens is 739 g/mol. The molecule has 4 aromatic rings. The number of nitrogens with one attached hydrogen (secondary N) is 3. The number of hydrogen-bond acceptors (Lipinski definition) is 12. The van der Waals surface area contributed by atoms with Crippen LogP contribution < -0.4 is 10.6 Å². The number of ether oxygens (including phenoxy) is 1. The monoisotopic (exact) mass is 786 g/mol. The van der Waals surface area contributed by atoms with Gasteiger partial charge in [-0.15, -0.1) is 5.10 Å². The normalized spacial score (nSPS) is 23.5. The van der Waals surface area contributed by atoms with Gasteiger partial charge in [-0.2, -0.15) is 5.10 Å². The van der Waals surface area contributed by atoms with Crippen LogP contribution in [0.4, 0.5) is 4.39 Å². The summed E-state index contributed by atoms with van der Waals surface area (Å²) in [6, 6.07) is 2.73. The number of aromatic amines is 1. The molecule has 0 aromatic carbocycles. The number of fused-ring (bicyclic) bond motifs is 4. The number of hydrogen-bond donors (Lipinski definition) is 4. The Kier molecular flexibility index (Phi) is 13.3. The maximum atomic E-state index is 14.9. The van der Waals surface area contributed by atoms with E-state index in [0.29, 0.717) is 41.9 Å². The zero-order valence-electron chi connectivity index (χ0n) is 32.0. The van der Waals surface area contributed by atoms with Crippen LogP contribution in [0.1, 0.15) is 62.8 Å². The van der Waals surface area contributed by atoms with Crippen molar-refractivity contribution in [2.24, 2.45) is 11.8 Å². The summed E-state index contributed by atoms with van der Waals surface area (Å²) in [6.07, 6.45) is 9.04. The van der Waals surface area contributed by atoms with Crippen molar-refractivity contribution in [3.05, 3.63) is 78.3 Å². The molecule has 4 N–H and O–H groups in total. The van der Waals surface area contributed by atoms with E-state index in [1.54, 1.807) is 42.2 Å². The van der Waals surface area contributed by atoms with Gasteiger partial charge >= 0.3 is 5.97 Å². The van der Waals surface area contributed by atoms with Gasteiger partial charge in [0.25, 0.3) is 5.91 Å². The lowest BCUT2D eigenvalue weighted by molar-refractivity contribution is -0.159. The Balaban J connectivity index is 1.16. The lowest BCUT2D eigenvalue weighted by Crippen LogP contribution is -2.44. The molecule has 6 rings (SSSR count). The standard InChI is InChI=1S/C39H47FN10O7/c1-23(2)37-25(17-35(53)42-13-15-49-21-31(47-48-49)28-9-10-29-30(44-28)20-43-46-29)8-11-34(52)41-12-4-6-24(3)16-27(51)18-26(40)19-36-45-32(22-56-36)38(54)50-14-5-7-33(50)39(55)57-37/h4,6,8-11,16,20-23,25-27,33,37,51H,5,7,12-15,17-19H2,1-3H3,(H,41,52)(H,42,53)(H,43,46)/b6-4?,11-8+,24-16?/t25-,26+,27+,33+,37+/m0/s1. The summed E-state index contributed by atoms with van der Waals surface area (Å²) in [4.78, 5) is 63.7. The Morgan fingerprint density at radius 1 is 1.14 bits per heavy atom. The summed E-state index contributed by atoms with van der Waals surface area (Å²) < 4.78 is 28.0. The number of cyclic esters (lactones) is 1. The molecular formula is C39H47FN10O7. The van der Waals surface area contributed by atoms with Crippen molar-refractivity contribution in [1.29, 1.82) is 0 Å². The SMILES string of the molecule is CC1=C[C@@H](O)C[C@@H](F)Cc2nc(co2)C(=O)N2CCC[C@@H]2C(=O)O[C@H](C(C)C)[C@H](CC(=O)NCCn2cc(-c3ccc4[nH]ncc4n3)nn2)/C=C/C(=O)NCC=C1. The number of allylic oxidation sites excluding steroid dienone is 2. The fraction of sp³-hybridized carbons (Fsp3) is 0.462. The fourth-order valence-corrected chi connectivity index (χ4v) is 6.86. The lowest BCUT2D eigenvalue weighted by Gasteiger charge is -2.30. The average molecular weight is 787 g/mol. The number of carbonyl (C=O) groups excluding carboxylic acids is 4. The second-order valence-corrected chi connectivity index (χ2v) is 14.5. The van der Waals surface area contributed by atoms with Gasteiger partial charge in [-0.1, -0.05) is 48.9 Å². The highest BCUT2D eigenvalue weighted by atomic mass is 19.1. The minimum atomic E-state index is -1.51. The highest BCUT2D eigenvalue weighted by molar-refractivity contribution is 5.95. The van der Waals surface area contributed by atoms with Gasteiger partial charge in [0.05, 0.1) is 42.7 Å². The Morgan fingerprint density at radius 3 is 2.81 bits per heavy atom. The molecule has 1 saturated heterocycles. The molecule has 0 radical (unpaired) electrons. The van der Waals surface area contributed by atoms with Crippen LogP contribution in [-0.2, 0) is 32.1 Å². The molecule has 0 aliphatic carbocycles. The second-order valence-electron chi connectivity index (χ2n) is 14.5. The molecule has 1 fully saturated rings. The number of carbonyl (C=O) groups is 4. The summed E-state index contributed by atoms with van der Waals surface area (Å²) >= 11 is 0. The van der Waals surface area contributed by atoms with Gasteiger partial charge in [-0.25, -0.2) is 19.2 Å². The lowest BCUT2D eigenvalue weighted by atomic mass is 9.89. The number of H-pyrrole nitrogens is 1. The maximum Gasteiger partial charge on any atom is 0.329 e. The molecule has 2 aliphatic rings. The van der Waals surface area contributed by atoms with Gasteiger partial charge in [0.15, 0.2) is 11.6 Å². The first-order valence-corrected chi connectivity index (χ1v) is 19.0. The molecule has 2 bridgehead atoms. The van der Waals surface area contributed by atoms with Crippen LogP contribution >= 0.6 is 0 Å². The molecule has 4 aromatic heterocycles. The van der Waals surface area contributed by atoms with Crippen LogP contribution in [0.25, 0.3) is 22.4 Å². The van der Waals surface area contributed by atoms with E-state index in [1.807, 2.05) is 26.0 Å². The van der Waals surface area contributed by atoms with Gasteiger partial charge in [-0.05, 0) is 43.9 Å². The van der Waals surface area contributed by atoms with E-state index < -0.39 is 48.1 Å². The van der Waals surface area contributed by atoms with Crippen molar-refractivity contribution < 1.29 is 37.8 Å². The highest BCUT2D eigenvalue weighted by Gasteiger charge is 2.39. The number of amides is 3. The zero-order chi connectivity index (χ0) is 40.5. The minimum absolute atomic E-state index is 0.00852. The third-order valence-corrected chi connectivity index (χ3v) is 9.69. The summed E-state index contributed by atoms with van der Waals surface area (Å²) in [5.41, 5.74) is 3.26. The molecule has 18 heteroatoms. The first-order chi connectivity index (χ1) is 27.4. The smallest absolute Gasteiger partial charge is 0.329 e. The van der Waals surface area contributed by atoms with Gasteiger partial charge in [0, 0.05) is 38.4 Å². The summed E-state index contributed by atoms with van der Waals surface area (Å²) in [6.45, 7) is 6.36. The first kappa shape index (κ1) is 40.6. The average Bonchev–Trinajstić information content (AvgIpc) is 4.01. The van der Waals surface area contributed by atoms with Crippen molar-refractivity contribution in [3.63, 3.8) is 0 Å². The van der Waals surface area contributed by atoms with Crippen LogP contribution in [0, 0.1) is 11.8 Å². The van der Waals surface area contributed by atoms with Gasteiger partial charge in [0.1, 0.15) is 35.8 Å². The second kappa shape index (κ2) is 18.7. The Hall–Kier alpha value is -6.04. The van der Waals surface area contributed by atoms with Crippen molar-refractivity contribution in [3.8, 4) is 11.4 Å². The molecule has 0 spiro atoms. The number of halogens is 1.